The van der Waals surface area contributed by atoms with E-state index in [0.717, 1.165) is 5.82 Å². The van der Waals surface area contributed by atoms with Crippen LogP contribution >= 0.6 is 0 Å². The second kappa shape index (κ2) is 2.21. The molecule has 0 amide bonds. The van der Waals surface area contributed by atoms with Gasteiger partial charge in [0.05, 0.1) is 0 Å². The van der Waals surface area contributed by atoms with Crippen LogP contribution in [0.3, 0.4) is 0 Å². The van der Waals surface area contributed by atoms with Crippen molar-refractivity contribution in [2.24, 2.45) is 7.05 Å². The molecule has 1 heterocycles. The van der Waals surface area contributed by atoms with Gasteiger partial charge in [0, 0.05) is 25.4 Å². The van der Waals surface area contributed by atoms with Crippen LogP contribution in [0.1, 0.15) is 19.7 Å². The van der Waals surface area contributed by atoms with E-state index in [0.29, 0.717) is 0 Å². The molecule has 0 atom stereocenters. The molecular formula is C7H11N2. The van der Waals surface area contributed by atoms with E-state index in [1.54, 1.807) is 0 Å². The molecule has 0 unspecified atom stereocenters. The first kappa shape index (κ1) is 6.33. The van der Waals surface area contributed by atoms with Gasteiger partial charge < -0.3 is 4.57 Å². The summed E-state index contributed by atoms with van der Waals surface area (Å²) in [5.41, 5.74) is 0. The summed E-state index contributed by atoms with van der Waals surface area (Å²) in [6.45, 7) is 4.12. The second-order valence-corrected chi connectivity index (χ2v) is 2.36. The van der Waals surface area contributed by atoms with Crippen molar-refractivity contribution in [1.29, 1.82) is 0 Å². The largest absolute Gasteiger partial charge is 0.338 e. The topological polar surface area (TPSA) is 17.8 Å². The average molecular weight is 123 g/mol. The highest BCUT2D eigenvalue weighted by Gasteiger charge is 2.02. The maximum absolute atomic E-state index is 4.14. The summed E-state index contributed by atoms with van der Waals surface area (Å²) in [4.78, 5) is 4.14. The summed E-state index contributed by atoms with van der Waals surface area (Å²) in [6.07, 6.45) is 3.75. The van der Waals surface area contributed by atoms with Gasteiger partial charge in [-0.3, -0.25) is 0 Å². The molecular weight excluding hydrogens is 112 g/mol. The lowest BCUT2D eigenvalue weighted by Crippen LogP contribution is -1.98. The standard InChI is InChI=1S/C7H11N2/c1-6(2)7-8-4-5-9(7)3/h4-5H,1-3H3. The van der Waals surface area contributed by atoms with Gasteiger partial charge in [0.2, 0.25) is 0 Å². The van der Waals surface area contributed by atoms with Gasteiger partial charge in [-0.2, -0.15) is 0 Å². The number of hydrogen-bond donors (Lipinski definition) is 0. The van der Waals surface area contributed by atoms with Crippen LogP contribution in [0.5, 0.6) is 0 Å². The molecule has 49 valence electrons. The second-order valence-electron chi connectivity index (χ2n) is 2.36. The van der Waals surface area contributed by atoms with Crippen molar-refractivity contribution in [2.75, 3.05) is 0 Å². The molecule has 0 aliphatic carbocycles. The van der Waals surface area contributed by atoms with Crippen molar-refractivity contribution in [1.82, 2.24) is 9.55 Å². The third kappa shape index (κ3) is 1.12. The Labute approximate surface area is 55.5 Å². The average Bonchev–Trinajstić information content (AvgIpc) is 2.13. The lowest BCUT2D eigenvalue weighted by Gasteiger charge is -2.01. The monoisotopic (exact) mass is 123 g/mol. The summed E-state index contributed by atoms with van der Waals surface area (Å²) in [6, 6.07) is 0. The maximum Gasteiger partial charge on any atom is 0.115 e. The summed E-state index contributed by atoms with van der Waals surface area (Å²) in [5, 5.41) is 0. The number of hydrogen-bond acceptors (Lipinski definition) is 1. The molecule has 0 aliphatic rings. The zero-order valence-electron chi connectivity index (χ0n) is 6.05. The molecule has 0 spiro atoms. The Morgan fingerprint density at radius 3 is 2.44 bits per heavy atom. The van der Waals surface area contributed by atoms with Crippen LogP contribution in [0.25, 0.3) is 0 Å². The number of rotatable bonds is 1. The van der Waals surface area contributed by atoms with E-state index in [1.807, 2.05) is 24.0 Å². The van der Waals surface area contributed by atoms with Gasteiger partial charge in [-0.05, 0) is 0 Å². The van der Waals surface area contributed by atoms with Gasteiger partial charge in [-0.25, -0.2) is 4.98 Å². The van der Waals surface area contributed by atoms with Crippen LogP contribution in [-0.4, -0.2) is 9.55 Å². The summed E-state index contributed by atoms with van der Waals surface area (Å²) in [7, 11) is 2.00. The summed E-state index contributed by atoms with van der Waals surface area (Å²) < 4.78 is 2.01. The molecule has 1 radical (unpaired) electrons. The van der Waals surface area contributed by atoms with Crippen molar-refractivity contribution in [2.45, 2.75) is 13.8 Å². The Hall–Kier alpha value is -0.790. The predicted octanol–water partition coefficient (Wildman–Crippen LogP) is 1.38. The Balaban J connectivity index is 2.94. The van der Waals surface area contributed by atoms with Crippen LogP contribution in [-0.2, 0) is 7.05 Å². The van der Waals surface area contributed by atoms with E-state index in [2.05, 4.69) is 18.8 Å². The first-order chi connectivity index (χ1) is 4.22. The molecule has 0 saturated carbocycles. The van der Waals surface area contributed by atoms with Crippen LogP contribution in [0.2, 0.25) is 0 Å². The van der Waals surface area contributed by atoms with Crippen molar-refractivity contribution in [3.8, 4) is 0 Å². The van der Waals surface area contributed by atoms with Crippen molar-refractivity contribution < 1.29 is 0 Å². The third-order valence-corrected chi connectivity index (χ3v) is 1.27. The Kier molecular flexibility index (Phi) is 1.56. The van der Waals surface area contributed by atoms with Gasteiger partial charge in [0.15, 0.2) is 0 Å². The normalized spacial score (nSPS) is 10.7. The number of imidazole rings is 1. The highest BCUT2D eigenvalue weighted by Crippen LogP contribution is 2.07. The molecule has 1 aromatic heterocycles. The van der Waals surface area contributed by atoms with E-state index in [-0.39, 0.29) is 0 Å². The van der Waals surface area contributed by atoms with Gasteiger partial charge in [-0.1, -0.05) is 13.8 Å². The van der Waals surface area contributed by atoms with Gasteiger partial charge >= 0.3 is 0 Å². The zero-order chi connectivity index (χ0) is 6.85. The fourth-order valence-electron chi connectivity index (χ4n) is 0.847. The number of nitrogens with zero attached hydrogens (tertiary/aromatic N) is 2. The molecule has 0 saturated heterocycles. The summed E-state index contributed by atoms with van der Waals surface area (Å²) >= 11 is 0. The lowest BCUT2D eigenvalue weighted by molar-refractivity contribution is 0.826. The van der Waals surface area contributed by atoms with Crippen LogP contribution in [0.4, 0.5) is 0 Å². The zero-order valence-corrected chi connectivity index (χ0v) is 6.05. The molecule has 1 rings (SSSR count). The highest BCUT2D eigenvalue weighted by atomic mass is 15.0. The Bertz CT molecular complexity index is 189. The number of aromatic nitrogens is 2. The molecule has 0 bridgehead atoms. The first-order valence-electron chi connectivity index (χ1n) is 2.99. The van der Waals surface area contributed by atoms with Crippen molar-refractivity contribution in [3.05, 3.63) is 24.1 Å². The molecule has 0 N–H and O–H groups in total. The van der Waals surface area contributed by atoms with Crippen LogP contribution in [0.15, 0.2) is 12.4 Å². The van der Waals surface area contributed by atoms with E-state index < -0.39 is 0 Å². The van der Waals surface area contributed by atoms with Gasteiger partial charge in [0.1, 0.15) is 5.82 Å². The highest BCUT2D eigenvalue weighted by molar-refractivity contribution is 5.10. The van der Waals surface area contributed by atoms with Crippen molar-refractivity contribution in [3.63, 3.8) is 0 Å². The Morgan fingerprint density at radius 2 is 2.22 bits per heavy atom. The van der Waals surface area contributed by atoms with E-state index >= 15 is 0 Å². The van der Waals surface area contributed by atoms with Crippen LogP contribution in [0, 0.1) is 5.92 Å². The number of aryl methyl sites for hydroxylation is 1. The smallest absolute Gasteiger partial charge is 0.115 e. The Morgan fingerprint density at radius 1 is 1.56 bits per heavy atom. The fourth-order valence-corrected chi connectivity index (χ4v) is 0.847. The molecule has 2 heteroatoms. The minimum absolute atomic E-state index is 1.06. The quantitative estimate of drug-likeness (QED) is 0.551. The van der Waals surface area contributed by atoms with Crippen LogP contribution < -0.4 is 0 Å². The van der Waals surface area contributed by atoms with Crippen molar-refractivity contribution >= 4 is 0 Å². The first-order valence-corrected chi connectivity index (χ1v) is 2.99. The predicted molar refractivity (Wildman–Crippen MR) is 36.9 cm³/mol. The molecule has 0 aromatic carbocycles. The van der Waals surface area contributed by atoms with E-state index in [9.17, 15) is 0 Å². The SMILES string of the molecule is C[C](C)c1nccn1C. The molecule has 0 aliphatic heterocycles. The van der Waals surface area contributed by atoms with Gasteiger partial charge in [0.25, 0.3) is 0 Å². The molecule has 1 aromatic rings. The van der Waals surface area contributed by atoms with E-state index in [4.69, 9.17) is 0 Å². The molecule has 2 nitrogen and oxygen atoms in total. The third-order valence-electron chi connectivity index (χ3n) is 1.27. The molecule has 0 fully saturated rings. The minimum Gasteiger partial charge on any atom is -0.338 e. The fraction of sp³-hybridized carbons (Fsp3) is 0.429. The maximum atomic E-state index is 4.14. The molecule has 9 heavy (non-hydrogen) atoms. The van der Waals surface area contributed by atoms with E-state index in [1.165, 1.54) is 5.92 Å². The van der Waals surface area contributed by atoms with Gasteiger partial charge in [-0.15, -0.1) is 0 Å². The minimum atomic E-state index is 1.06. The summed E-state index contributed by atoms with van der Waals surface area (Å²) in [5.74, 6) is 2.32. The lowest BCUT2D eigenvalue weighted by atomic mass is 10.2.